The number of carbonyl (C=O) groups is 1. The highest BCUT2D eigenvalue weighted by molar-refractivity contribution is 7.45. The summed E-state index contributed by atoms with van der Waals surface area (Å²) >= 11 is 0. The first-order valence-corrected chi connectivity index (χ1v) is 29.0. The number of quaternary nitrogens is 1. The van der Waals surface area contributed by atoms with Gasteiger partial charge in [0.15, 0.2) is 0 Å². The summed E-state index contributed by atoms with van der Waals surface area (Å²) in [6.07, 6.45) is 55.2. The van der Waals surface area contributed by atoms with Gasteiger partial charge in [-0.05, 0) is 38.5 Å². The Hall–Kier alpha value is -0.760. The van der Waals surface area contributed by atoms with Crippen LogP contribution in [0.1, 0.15) is 277 Å². The number of nitrogens with one attached hydrogen (secondary N) is 1. The minimum absolute atomic E-state index is 0.0148. The van der Waals surface area contributed by atoms with Crippen molar-refractivity contribution >= 4 is 13.7 Å². The van der Waals surface area contributed by atoms with Crippen LogP contribution in [0.25, 0.3) is 0 Å². The minimum atomic E-state index is -4.57. The fourth-order valence-corrected chi connectivity index (χ4v) is 9.11. The van der Waals surface area contributed by atoms with Crippen molar-refractivity contribution in [3.63, 3.8) is 0 Å². The van der Waals surface area contributed by atoms with Gasteiger partial charge in [0.2, 0.25) is 5.91 Å². The highest BCUT2D eigenvalue weighted by Crippen LogP contribution is 2.38. The number of allylic oxidation sites excluding steroid dienone is 2. The molecule has 0 bridgehead atoms. The van der Waals surface area contributed by atoms with E-state index < -0.39 is 20.0 Å². The van der Waals surface area contributed by atoms with Gasteiger partial charge in [-0.1, -0.05) is 244 Å². The zero-order valence-corrected chi connectivity index (χ0v) is 43.7. The smallest absolute Gasteiger partial charge is 0.268 e. The number of likely N-dealkylation sites (N-methyl/N-ethyl adjacent to an activating group) is 1. The third-order valence-electron chi connectivity index (χ3n) is 12.8. The molecule has 0 rings (SSSR count). The molecule has 0 radical (unpaired) electrons. The van der Waals surface area contributed by atoms with Crippen LogP contribution >= 0.6 is 7.82 Å². The molecule has 9 heteroatoms. The molecule has 0 aromatic rings. The van der Waals surface area contributed by atoms with Crippen LogP contribution in [-0.4, -0.2) is 68.5 Å². The molecular weight excluding hydrogens is 804 g/mol. The van der Waals surface area contributed by atoms with Crippen molar-refractivity contribution in [1.29, 1.82) is 0 Å². The molecule has 0 aliphatic heterocycles. The Kier molecular flexibility index (Phi) is 45.8. The second-order valence-corrected chi connectivity index (χ2v) is 21.7. The van der Waals surface area contributed by atoms with Gasteiger partial charge in [0.05, 0.1) is 39.9 Å². The lowest BCUT2D eigenvalue weighted by molar-refractivity contribution is -0.870. The van der Waals surface area contributed by atoms with Gasteiger partial charge >= 0.3 is 0 Å². The van der Waals surface area contributed by atoms with Crippen LogP contribution < -0.4 is 10.2 Å². The molecule has 1 amide bonds. The molecule has 0 aliphatic rings. The van der Waals surface area contributed by atoms with Crippen LogP contribution in [-0.2, 0) is 18.4 Å². The van der Waals surface area contributed by atoms with Crippen LogP contribution in [0, 0.1) is 0 Å². The van der Waals surface area contributed by atoms with Gasteiger partial charge in [-0.15, -0.1) is 0 Å². The van der Waals surface area contributed by atoms with E-state index >= 15 is 0 Å². The lowest BCUT2D eigenvalue weighted by Gasteiger charge is -2.30. The number of hydrogen-bond acceptors (Lipinski definition) is 6. The highest BCUT2D eigenvalue weighted by Gasteiger charge is 2.24. The third kappa shape index (κ3) is 49.0. The second-order valence-electron chi connectivity index (χ2n) is 20.3. The first-order valence-electron chi connectivity index (χ1n) is 27.5. The number of phosphoric ester groups is 1. The van der Waals surface area contributed by atoms with Crippen LogP contribution in [0.3, 0.4) is 0 Å². The lowest BCUT2D eigenvalue weighted by Crippen LogP contribution is -2.46. The Morgan fingerprint density at radius 1 is 0.540 bits per heavy atom. The van der Waals surface area contributed by atoms with Crippen molar-refractivity contribution in [2.45, 2.75) is 289 Å². The van der Waals surface area contributed by atoms with Crippen LogP contribution in [0.15, 0.2) is 12.2 Å². The lowest BCUT2D eigenvalue weighted by atomic mass is 10.0. The van der Waals surface area contributed by atoms with Gasteiger partial charge in [0.25, 0.3) is 7.82 Å². The van der Waals surface area contributed by atoms with Crippen molar-refractivity contribution in [2.24, 2.45) is 0 Å². The first-order chi connectivity index (χ1) is 30.5. The van der Waals surface area contributed by atoms with Gasteiger partial charge < -0.3 is 28.8 Å². The molecule has 0 fully saturated rings. The summed E-state index contributed by atoms with van der Waals surface area (Å²) in [7, 11) is 1.32. The van der Waals surface area contributed by atoms with Crippen LogP contribution in [0.5, 0.6) is 0 Å². The van der Waals surface area contributed by atoms with Gasteiger partial charge in [0, 0.05) is 6.42 Å². The van der Waals surface area contributed by atoms with E-state index in [9.17, 15) is 19.4 Å². The maximum Gasteiger partial charge on any atom is 0.268 e. The number of aliphatic hydroxyl groups excluding tert-OH is 1. The van der Waals surface area contributed by atoms with E-state index in [0.717, 1.165) is 38.5 Å². The average molecular weight is 913 g/mol. The van der Waals surface area contributed by atoms with E-state index in [1.54, 1.807) is 0 Å². The van der Waals surface area contributed by atoms with E-state index in [4.69, 9.17) is 9.05 Å². The summed E-state index contributed by atoms with van der Waals surface area (Å²) in [4.78, 5) is 25.5. The zero-order chi connectivity index (χ0) is 46.4. The number of nitrogens with zero attached hydrogens (tertiary/aromatic N) is 1. The van der Waals surface area contributed by atoms with Crippen molar-refractivity contribution in [1.82, 2.24) is 5.32 Å². The maximum atomic E-state index is 13.0. The normalized spacial score (nSPS) is 14.1. The molecule has 0 aliphatic carbocycles. The Bertz CT molecular complexity index is 1040. The predicted octanol–water partition coefficient (Wildman–Crippen LogP) is 15.6. The van der Waals surface area contributed by atoms with Crippen LogP contribution in [0.4, 0.5) is 0 Å². The molecule has 3 atom stereocenters. The molecule has 0 heterocycles. The largest absolute Gasteiger partial charge is 0.756 e. The van der Waals surface area contributed by atoms with Gasteiger partial charge in [-0.25, -0.2) is 0 Å². The summed E-state index contributed by atoms with van der Waals surface area (Å²) in [5.41, 5.74) is 0. The van der Waals surface area contributed by atoms with Crippen molar-refractivity contribution in [3.8, 4) is 0 Å². The topological polar surface area (TPSA) is 108 Å². The summed E-state index contributed by atoms with van der Waals surface area (Å²) < 4.78 is 23.4. The second kappa shape index (κ2) is 46.4. The van der Waals surface area contributed by atoms with Crippen molar-refractivity contribution < 1.29 is 32.9 Å². The number of aliphatic hydroxyl groups is 1. The monoisotopic (exact) mass is 913 g/mol. The average Bonchev–Trinajstić information content (AvgIpc) is 3.24. The molecule has 0 aromatic heterocycles. The van der Waals surface area contributed by atoms with Gasteiger partial charge in [0.1, 0.15) is 13.2 Å². The number of phosphoric acid groups is 1. The minimum Gasteiger partial charge on any atom is -0.756 e. The SMILES string of the molecule is CCCCCCCCCC/C=C\CCCCCCCCCCCCCCCC(=O)NC(COP(=O)([O-])OCC[N+](C)(C)C)C(O)CCCCCCCCCCCCCCCCCC. The molecule has 63 heavy (non-hydrogen) atoms. The van der Waals surface area contributed by atoms with Crippen molar-refractivity contribution in [3.05, 3.63) is 12.2 Å². The number of hydrogen-bond donors (Lipinski definition) is 2. The third-order valence-corrected chi connectivity index (χ3v) is 13.7. The van der Waals surface area contributed by atoms with E-state index in [2.05, 4.69) is 31.3 Å². The standard InChI is InChI=1S/C54H109N2O6P/c1-6-8-10-12-14-16-18-20-22-24-25-26-27-28-29-30-31-32-34-36-38-40-42-44-46-48-54(58)55-52(51-62-63(59,60)61-50-49-56(3,4)5)53(57)47-45-43-41-39-37-35-33-23-21-19-17-15-13-11-9-7-2/h24-25,52-53,57H,6-23,26-51H2,1-5H3,(H-,55,58,59,60)/b25-24-. The summed E-state index contributed by atoms with van der Waals surface area (Å²) in [6, 6.07) is -0.797. The number of carbonyl (C=O) groups excluding carboxylic acids is 1. The molecule has 0 aromatic carbocycles. The van der Waals surface area contributed by atoms with E-state index in [-0.39, 0.29) is 19.1 Å². The fourth-order valence-electron chi connectivity index (χ4n) is 8.39. The molecule has 8 nitrogen and oxygen atoms in total. The molecule has 0 spiro atoms. The van der Waals surface area contributed by atoms with E-state index in [0.29, 0.717) is 23.9 Å². The molecular formula is C54H109N2O6P. The van der Waals surface area contributed by atoms with Gasteiger partial charge in [-0.3, -0.25) is 9.36 Å². The van der Waals surface area contributed by atoms with Gasteiger partial charge in [-0.2, -0.15) is 0 Å². The number of amides is 1. The molecule has 0 saturated carbocycles. The Morgan fingerprint density at radius 2 is 0.873 bits per heavy atom. The molecule has 3 unspecified atom stereocenters. The van der Waals surface area contributed by atoms with E-state index in [1.807, 2.05) is 21.1 Å². The first kappa shape index (κ1) is 62.2. The Balaban J connectivity index is 4.14. The summed E-state index contributed by atoms with van der Waals surface area (Å²) in [5, 5.41) is 14.0. The quantitative estimate of drug-likeness (QED) is 0.0272. The maximum absolute atomic E-state index is 13.0. The van der Waals surface area contributed by atoms with E-state index in [1.165, 1.54) is 212 Å². The number of unbranched alkanes of at least 4 members (excludes halogenated alkanes) is 36. The Morgan fingerprint density at radius 3 is 1.24 bits per heavy atom. The molecule has 2 N–H and O–H groups in total. The highest BCUT2D eigenvalue weighted by atomic mass is 31.2. The Labute approximate surface area is 392 Å². The predicted molar refractivity (Wildman–Crippen MR) is 270 cm³/mol. The summed E-state index contributed by atoms with van der Waals surface area (Å²) in [6.45, 7) is 4.76. The number of rotatable bonds is 51. The van der Waals surface area contributed by atoms with Crippen molar-refractivity contribution in [2.75, 3.05) is 40.9 Å². The van der Waals surface area contributed by atoms with Crippen LogP contribution in [0.2, 0.25) is 0 Å². The molecule has 376 valence electrons. The summed E-state index contributed by atoms with van der Waals surface area (Å²) in [5.74, 6) is -0.160. The zero-order valence-electron chi connectivity index (χ0n) is 42.8. The fraction of sp³-hybridized carbons (Fsp3) is 0.944. The molecule has 0 saturated heterocycles.